The molecule has 6 nitrogen and oxygen atoms in total. The highest BCUT2D eigenvalue weighted by Crippen LogP contribution is 2.13. The highest BCUT2D eigenvalue weighted by atomic mass is 16.6. The molecule has 0 N–H and O–H groups in total. The molecule has 0 saturated heterocycles. The first-order valence-electron chi connectivity index (χ1n) is 21.8. The van der Waals surface area contributed by atoms with Gasteiger partial charge in [0.1, 0.15) is 13.2 Å². The van der Waals surface area contributed by atoms with Crippen molar-refractivity contribution in [1.29, 1.82) is 0 Å². The Bertz CT molecular complexity index is 991. The van der Waals surface area contributed by atoms with Gasteiger partial charge in [0.2, 0.25) is 0 Å². The maximum Gasteiger partial charge on any atom is 0.306 e. The molecule has 0 aromatic heterocycles. The van der Waals surface area contributed by atoms with Crippen LogP contribution in [0.5, 0.6) is 0 Å². The van der Waals surface area contributed by atoms with E-state index in [1.807, 2.05) is 36.5 Å². The zero-order valence-corrected chi connectivity index (χ0v) is 34.5. The lowest BCUT2D eigenvalue weighted by molar-refractivity contribution is -0.167. The molecule has 0 saturated carbocycles. The topological polar surface area (TPSA) is 78.9 Å². The van der Waals surface area contributed by atoms with E-state index < -0.39 is 6.10 Å². The van der Waals surface area contributed by atoms with Crippen LogP contribution in [-0.4, -0.2) is 37.2 Å². The molecule has 1 unspecified atom stereocenters. The Labute approximate surface area is 326 Å². The number of unbranched alkanes of at least 4 members (excludes halogenated alkanes) is 20. The Morgan fingerprint density at radius 1 is 0.396 bits per heavy atom. The summed E-state index contributed by atoms with van der Waals surface area (Å²) in [6.45, 7) is 6.40. The van der Waals surface area contributed by atoms with Crippen molar-refractivity contribution in [3.8, 4) is 0 Å². The maximum atomic E-state index is 12.7. The maximum absolute atomic E-state index is 12.7. The fourth-order valence-electron chi connectivity index (χ4n) is 5.80. The van der Waals surface area contributed by atoms with Crippen LogP contribution in [0.25, 0.3) is 0 Å². The van der Waals surface area contributed by atoms with Crippen LogP contribution in [0, 0.1) is 0 Å². The van der Waals surface area contributed by atoms with Gasteiger partial charge in [-0.2, -0.15) is 0 Å². The second-order valence-corrected chi connectivity index (χ2v) is 14.3. The van der Waals surface area contributed by atoms with Gasteiger partial charge in [-0.1, -0.05) is 178 Å². The summed E-state index contributed by atoms with van der Waals surface area (Å²) >= 11 is 0. The van der Waals surface area contributed by atoms with E-state index in [9.17, 15) is 14.4 Å². The third kappa shape index (κ3) is 40.1. The van der Waals surface area contributed by atoms with Crippen LogP contribution in [0.1, 0.15) is 201 Å². The minimum atomic E-state index is -0.792. The van der Waals surface area contributed by atoms with E-state index in [4.69, 9.17) is 14.2 Å². The molecule has 0 rings (SSSR count). The predicted octanol–water partition coefficient (Wildman–Crippen LogP) is 13.7. The fraction of sp³-hybridized carbons (Fsp3) is 0.723. The molecule has 0 aliphatic rings. The smallest absolute Gasteiger partial charge is 0.306 e. The van der Waals surface area contributed by atoms with Crippen molar-refractivity contribution in [2.45, 2.75) is 207 Å². The highest BCUT2D eigenvalue weighted by molar-refractivity contribution is 5.71. The summed E-state index contributed by atoms with van der Waals surface area (Å²) in [7, 11) is 0. The first kappa shape index (κ1) is 50.1. The summed E-state index contributed by atoms with van der Waals surface area (Å²) in [5, 5.41) is 0. The molecule has 1 atom stereocenters. The normalized spacial score (nSPS) is 12.6. The molecule has 0 radical (unpaired) electrons. The molecule has 304 valence electrons. The Hall–Kier alpha value is -2.89. The van der Waals surface area contributed by atoms with Gasteiger partial charge in [0, 0.05) is 19.3 Å². The lowest BCUT2D eigenvalue weighted by atomic mass is 10.1. The van der Waals surface area contributed by atoms with Crippen molar-refractivity contribution in [2.24, 2.45) is 0 Å². The third-order valence-electron chi connectivity index (χ3n) is 9.10. The van der Waals surface area contributed by atoms with E-state index in [-0.39, 0.29) is 31.1 Å². The van der Waals surface area contributed by atoms with Crippen LogP contribution in [0.2, 0.25) is 0 Å². The molecule has 6 heteroatoms. The average Bonchev–Trinajstić information content (AvgIpc) is 3.15. The molecular formula is C47H80O6. The Morgan fingerprint density at radius 2 is 0.755 bits per heavy atom. The van der Waals surface area contributed by atoms with Crippen LogP contribution in [0.15, 0.2) is 60.8 Å². The SMILES string of the molecule is CC\C=C/C=C\C=C/C=C\CCCCCC(=O)OCC(COC(=O)CCCCCCCCCCC)OC(=O)CCCCC/C=C\CCCCCCCC. The van der Waals surface area contributed by atoms with Crippen LogP contribution >= 0.6 is 0 Å². The average molecular weight is 741 g/mol. The summed E-state index contributed by atoms with van der Waals surface area (Å²) in [5.41, 5.74) is 0. The summed E-state index contributed by atoms with van der Waals surface area (Å²) < 4.78 is 16.6. The van der Waals surface area contributed by atoms with Crippen molar-refractivity contribution in [1.82, 2.24) is 0 Å². The highest BCUT2D eigenvalue weighted by Gasteiger charge is 2.19. The number of carbonyl (C=O) groups is 3. The molecule has 0 aliphatic heterocycles. The van der Waals surface area contributed by atoms with E-state index in [1.165, 1.54) is 77.0 Å². The quantitative estimate of drug-likeness (QED) is 0.0206. The van der Waals surface area contributed by atoms with E-state index in [0.717, 1.165) is 83.5 Å². The van der Waals surface area contributed by atoms with E-state index in [1.54, 1.807) is 0 Å². The minimum absolute atomic E-state index is 0.0926. The minimum Gasteiger partial charge on any atom is -0.462 e. The zero-order valence-electron chi connectivity index (χ0n) is 34.5. The summed E-state index contributed by atoms with van der Waals surface area (Å²) in [5.74, 6) is -0.957. The van der Waals surface area contributed by atoms with Crippen molar-refractivity contribution in [3.05, 3.63) is 60.8 Å². The van der Waals surface area contributed by atoms with Gasteiger partial charge >= 0.3 is 17.9 Å². The lowest BCUT2D eigenvalue weighted by Crippen LogP contribution is -2.30. The molecule has 0 spiro atoms. The van der Waals surface area contributed by atoms with E-state index >= 15 is 0 Å². The van der Waals surface area contributed by atoms with Gasteiger partial charge < -0.3 is 14.2 Å². The van der Waals surface area contributed by atoms with Crippen molar-refractivity contribution in [2.75, 3.05) is 13.2 Å². The van der Waals surface area contributed by atoms with Gasteiger partial charge in [0.15, 0.2) is 6.10 Å². The van der Waals surface area contributed by atoms with Gasteiger partial charge in [-0.15, -0.1) is 0 Å². The van der Waals surface area contributed by atoms with Gasteiger partial charge in [-0.25, -0.2) is 0 Å². The fourth-order valence-corrected chi connectivity index (χ4v) is 5.80. The summed E-state index contributed by atoms with van der Waals surface area (Å²) in [6, 6.07) is 0. The van der Waals surface area contributed by atoms with E-state index in [2.05, 4.69) is 45.1 Å². The van der Waals surface area contributed by atoms with Gasteiger partial charge in [0.05, 0.1) is 0 Å². The third-order valence-corrected chi connectivity index (χ3v) is 9.10. The number of esters is 3. The van der Waals surface area contributed by atoms with Crippen LogP contribution < -0.4 is 0 Å². The largest absolute Gasteiger partial charge is 0.462 e. The lowest BCUT2D eigenvalue weighted by Gasteiger charge is -2.18. The summed E-state index contributed by atoms with van der Waals surface area (Å²) in [4.78, 5) is 37.6. The molecule has 0 aromatic carbocycles. The number of hydrogen-bond donors (Lipinski definition) is 0. The number of allylic oxidation sites excluding steroid dienone is 10. The Balaban J connectivity index is 4.47. The molecule has 0 aliphatic carbocycles. The van der Waals surface area contributed by atoms with Crippen molar-refractivity contribution < 1.29 is 28.6 Å². The van der Waals surface area contributed by atoms with E-state index in [0.29, 0.717) is 19.3 Å². The van der Waals surface area contributed by atoms with Gasteiger partial charge in [-0.05, 0) is 64.2 Å². The van der Waals surface area contributed by atoms with Gasteiger partial charge in [0.25, 0.3) is 0 Å². The molecule has 0 fully saturated rings. The molecule has 53 heavy (non-hydrogen) atoms. The number of rotatable bonds is 38. The Kier molecular flexibility index (Phi) is 39.6. The van der Waals surface area contributed by atoms with Crippen molar-refractivity contribution >= 4 is 17.9 Å². The van der Waals surface area contributed by atoms with Crippen LogP contribution in [-0.2, 0) is 28.6 Å². The molecular weight excluding hydrogens is 661 g/mol. The standard InChI is InChI=1S/C47H80O6/c1-4-7-10-13-16-19-21-23-25-28-31-34-37-40-46(49)52-43-44(42-51-45(48)39-36-33-30-27-18-15-12-9-6-3)53-47(50)41-38-35-32-29-26-24-22-20-17-14-11-8-5-2/h7,10,13,16,19,21,23-26,44H,4-6,8-9,11-12,14-15,17-18,20,22,27-43H2,1-3H3/b10-7-,16-13-,21-19-,25-23-,26-24-. The second-order valence-electron chi connectivity index (χ2n) is 14.3. The monoisotopic (exact) mass is 741 g/mol. The molecule has 0 heterocycles. The molecule has 0 aromatic rings. The van der Waals surface area contributed by atoms with Gasteiger partial charge in [-0.3, -0.25) is 14.4 Å². The Morgan fingerprint density at radius 3 is 1.23 bits per heavy atom. The number of carbonyl (C=O) groups excluding carboxylic acids is 3. The predicted molar refractivity (Wildman–Crippen MR) is 224 cm³/mol. The number of hydrogen-bond acceptors (Lipinski definition) is 6. The van der Waals surface area contributed by atoms with Crippen LogP contribution in [0.4, 0.5) is 0 Å². The van der Waals surface area contributed by atoms with Crippen molar-refractivity contribution in [3.63, 3.8) is 0 Å². The first-order valence-corrected chi connectivity index (χ1v) is 21.8. The molecule has 0 bridgehead atoms. The summed E-state index contributed by atoms with van der Waals surface area (Å²) in [6.07, 6.45) is 49.2. The molecule has 0 amide bonds. The number of ether oxygens (including phenoxy) is 3. The zero-order chi connectivity index (χ0) is 38.7. The van der Waals surface area contributed by atoms with Crippen LogP contribution in [0.3, 0.4) is 0 Å². The second kappa shape index (κ2) is 41.9. The first-order chi connectivity index (χ1) is 26.0.